The first-order valence-electron chi connectivity index (χ1n) is 14.9. The molecule has 0 unspecified atom stereocenters. The second kappa shape index (κ2) is 10.7. The number of likely N-dealkylation sites (N-methyl/N-ethyl adjacent to an activating group) is 1. The number of pyridine rings is 1. The van der Waals surface area contributed by atoms with E-state index in [0.29, 0.717) is 0 Å². The summed E-state index contributed by atoms with van der Waals surface area (Å²) >= 11 is 0. The van der Waals surface area contributed by atoms with Crippen molar-refractivity contribution >= 4 is 22.8 Å². The van der Waals surface area contributed by atoms with E-state index in [-0.39, 0.29) is 10.8 Å². The van der Waals surface area contributed by atoms with Gasteiger partial charge in [0.05, 0.1) is 5.41 Å². The van der Waals surface area contributed by atoms with Crippen LogP contribution in [0.1, 0.15) is 49.9 Å². The van der Waals surface area contributed by atoms with Gasteiger partial charge in [0.1, 0.15) is 7.05 Å². The molecule has 0 fully saturated rings. The molecule has 0 amide bonds. The summed E-state index contributed by atoms with van der Waals surface area (Å²) in [5.74, 6) is 0. The molecule has 6 rings (SSSR count). The molecular formula is C39H41N3+2. The Bertz CT molecular complexity index is 1750. The predicted octanol–water partition coefficient (Wildman–Crippen LogP) is 7.98. The number of rotatable bonds is 6. The van der Waals surface area contributed by atoms with E-state index >= 15 is 0 Å². The van der Waals surface area contributed by atoms with Gasteiger partial charge in [0, 0.05) is 65.8 Å². The molecule has 210 valence electrons. The number of hydrogen-bond acceptors (Lipinski definition) is 1. The molecule has 3 heterocycles. The van der Waals surface area contributed by atoms with Crippen LogP contribution in [0.4, 0.5) is 11.4 Å². The summed E-state index contributed by atoms with van der Waals surface area (Å²) in [6, 6.07) is 32.6. The van der Waals surface area contributed by atoms with Gasteiger partial charge in [-0.05, 0) is 49.1 Å². The van der Waals surface area contributed by atoms with Crippen LogP contribution >= 0.6 is 0 Å². The molecule has 3 heteroatoms. The number of aromatic nitrogens is 1. The zero-order valence-electron chi connectivity index (χ0n) is 25.7. The van der Waals surface area contributed by atoms with Crippen LogP contribution in [0.15, 0.2) is 133 Å². The van der Waals surface area contributed by atoms with E-state index in [1.807, 2.05) is 0 Å². The summed E-state index contributed by atoms with van der Waals surface area (Å²) in [4.78, 5) is 2.33. The van der Waals surface area contributed by atoms with Gasteiger partial charge >= 0.3 is 0 Å². The minimum atomic E-state index is -0.0784. The number of fused-ring (bicyclic) bond motifs is 2. The molecule has 2 aliphatic heterocycles. The zero-order chi connectivity index (χ0) is 29.5. The third kappa shape index (κ3) is 4.83. The highest BCUT2D eigenvalue weighted by Gasteiger charge is 2.42. The molecule has 0 N–H and O–H groups in total. The second-order valence-corrected chi connectivity index (χ2v) is 12.5. The molecule has 1 aromatic heterocycles. The molecule has 0 aliphatic carbocycles. The Morgan fingerprint density at radius 3 is 2.05 bits per heavy atom. The Balaban J connectivity index is 1.39. The van der Waals surface area contributed by atoms with Crippen molar-refractivity contribution in [3.8, 4) is 0 Å². The molecule has 0 radical (unpaired) electrons. The minimum absolute atomic E-state index is 0.0784. The highest BCUT2D eigenvalue weighted by atomic mass is 15.2. The summed E-state index contributed by atoms with van der Waals surface area (Å²) in [5, 5.41) is 0. The number of para-hydroxylation sites is 2. The number of nitrogens with zero attached hydrogens (tertiary/aromatic N) is 3. The Kier molecular flexibility index (Phi) is 7.06. The van der Waals surface area contributed by atoms with Crippen LogP contribution in [-0.4, -0.2) is 24.4 Å². The normalized spacial score (nSPS) is 18.2. The smallest absolute Gasteiger partial charge is 0.210 e. The van der Waals surface area contributed by atoms with Crippen LogP contribution in [-0.2, 0) is 17.3 Å². The van der Waals surface area contributed by atoms with E-state index in [2.05, 4.69) is 184 Å². The molecular weight excluding hydrogens is 510 g/mol. The average Bonchev–Trinajstić information content (AvgIpc) is 3.32. The molecule has 42 heavy (non-hydrogen) atoms. The van der Waals surface area contributed by atoms with Crippen molar-refractivity contribution in [2.45, 2.75) is 44.9 Å². The highest BCUT2D eigenvalue weighted by Crippen LogP contribution is 2.46. The van der Waals surface area contributed by atoms with Crippen molar-refractivity contribution < 1.29 is 9.14 Å². The molecule has 3 nitrogen and oxygen atoms in total. The van der Waals surface area contributed by atoms with Crippen LogP contribution in [0, 0.1) is 0 Å². The van der Waals surface area contributed by atoms with Crippen LogP contribution in [0.25, 0.3) is 5.70 Å². The molecule has 0 spiro atoms. The predicted molar refractivity (Wildman–Crippen MR) is 176 cm³/mol. The lowest BCUT2D eigenvalue weighted by Gasteiger charge is -2.23. The van der Waals surface area contributed by atoms with Crippen molar-refractivity contribution in [2.75, 3.05) is 19.0 Å². The fourth-order valence-electron chi connectivity index (χ4n) is 6.74. The third-order valence-electron chi connectivity index (χ3n) is 9.15. The first-order valence-corrected chi connectivity index (χ1v) is 14.9. The SMILES string of the molecule is CN1\C(=C/C=C(\C=C\C2=[N+](C)c3ccccc3C2(C)C)[n+]2ccc(Cc3ccccc3)cc2)C(C)(C)c2ccccc21. The molecule has 2 aliphatic rings. The van der Waals surface area contributed by atoms with Gasteiger partial charge in [-0.2, -0.15) is 9.14 Å². The van der Waals surface area contributed by atoms with E-state index in [9.17, 15) is 0 Å². The zero-order valence-corrected chi connectivity index (χ0v) is 25.7. The van der Waals surface area contributed by atoms with Gasteiger partial charge in [-0.3, -0.25) is 0 Å². The van der Waals surface area contributed by atoms with Gasteiger partial charge in [0.25, 0.3) is 0 Å². The lowest BCUT2D eigenvalue weighted by Crippen LogP contribution is -2.31. The number of hydrogen-bond donors (Lipinski definition) is 0. The fourth-order valence-corrected chi connectivity index (χ4v) is 6.74. The van der Waals surface area contributed by atoms with Crippen LogP contribution in [0.5, 0.6) is 0 Å². The van der Waals surface area contributed by atoms with Gasteiger partial charge in [-0.15, -0.1) is 0 Å². The highest BCUT2D eigenvalue weighted by molar-refractivity contribution is 6.03. The first-order chi connectivity index (χ1) is 20.2. The Morgan fingerprint density at radius 1 is 0.738 bits per heavy atom. The van der Waals surface area contributed by atoms with Crippen molar-refractivity contribution in [1.29, 1.82) is 0 Å². The second-order valence-electron chi connectivity index (χ2n) is 12.5. The molecule has 3 aromatic carbocycles. The lowest BCUT2D eigenvalue weighted by molar-refractivity contribution is -0.578. The molecule has 0 bridgehead atoms. The van der Waals surface area contributed by atoms with E-state index in [4.69, 9.17) is 0 Å². The van der Waals surface area contributed by atoms with Crippen molar-refractivity contribution in [2.24, 2.45) is 0 Å². The maximum atomic E-state index is 2.33. The fraction of sp³-hybridized carbons (Fsp3) is 0.231. The van der Waals surface area contributed by atoms with E-state index in [0.717, 1.165) is 12.1 Å². The van der Waals surface area contributed by atoms with Gasteiger partial charge in [0.15, 0.2) is 18.1 Å². The average molecular weight is 552 g/mol. The van der Waals surface area contributed by atoms with E-state index in [1.54, 1.807) is 0 Å². The van der Waals surface area contributed by atoms with E-state index in [1.165, 1.54) is 45.0 Å². The number of benzene rings is 3. The Morgan fingerprint density at radius 2 is 1.36 bits per heavy atom. The van der Waals surface area contributed by atoms with Gasteiger partial charge < -0.3 is 4.90 Å². The topological polar surface area (TPSA) is 10.1 Å². The van der Waals surface area contributed by atoms with Crippen LogP contribution in [0.2, 0.25) is 0 Å². The summed E-state index contributed by atoms with van der Waals surface area (Å²) in [5.41, 5.74) is 11.4. The largest absolute Gasteiger partial charge is 0.347 e. The number of anilines is 1. The number of allylic oxidation sites excluding steroid dienone is 6. The Hall–Kier alpha value is -4.50. The van der Waals surface area contributed by atoms with Gasteiger partial charge in [-0.25, -0.2) is 0 Å². The molecule has 0 saturated carbocycles. The minimum Gasteiger partial charge on any atom is -0.347 e. The molecule has 0 atom stereocenters. The monoisotopic (exact) mass is 551 g/mol. The maximum Gasteiger partial charge on any atom is 0.210 e. The standard InChI is InChI=1S/C39H41N3/c1-38(2)32-16-10-12-18-34(32)40(5)36(38)22-20-31(42-26-24-30(25-27-42)28-29-14-8-7-9-15-29)21-23-37-39(3,4)33-17-11-13-19-35(33)41(37)6/h7-27H,28H2,1-6H3/q+2. The summed E-state index contributed by atoms with van der Waals surface area (Å²) in [7, 11) is 4.36. The van der Waals surface area contributed by atoms with Crippen molar-refractivity contribution in [1.82, 2.24) is 0 Å². The summed E-state index contributed by atoms with van der Waals surface area (Å²) in [6.07, 6.45) is 14.4. The van der Waals surface area contributed by atoms with E-state index < -0.39 is 0 Å². The van der Waals surface area contributed by atoms with Crippen LogP contribution in [0.3, 0.4) is 0 Å². The van der Waals surface area contributed by atoms with Crippen molar-refractivity contribution in [3.05, 3.63) is 156 Å². The molecule has 4 aromatic rings. The lowest BCUT2D eigenvalue weighted by atomic mass is 9.81. The van der Waals surface area contributed by atoms with Gasteiger partial charge in [0.2, 0.25) is 11.4 Å². The quantitative estimate of drug-likeness (QED) is 0.175. The van der Waals surface area contributed by atoms with Gasteiger partial charge in [-0.1, -0.05) is 80.6 Å². The summed E-state index contributed by atoms with van der Waals surface area (Å²) in [6.45, 7) is 9.27. The van der Waals surface area contributed by atoms with Crippen LogP contribution < -0.4 is 9.47 Å². The molecule has 0 saturated heterocycles. The first kappa shape index (κ1) is 27.7. The maximum absolute atomic E-state index is 2.33. The summed E-state index contributed by atoms with van der Waals surface area (Å²) < 4.78 is 4.56. The van der Waals surface area contributed by atoms with Crippen molar-refractivity contribution in [3.63, 3.8) is 0 Å². The third-order valence-corrected chi connectivity index (χ3v) is 9.15. The Labute approximate surface area is 251 Å².